The molecular formula is C15H23N3O. The maximum Gasteiger partial charge on any atom is 0.225 e. The summed E-state index contributed by atoms with van der Waals surface area (Å²) in [6, 6.07) is 3.87. The summed E-state index contributed by atoms with van der Waals surface area (Å²) in [7, 11) is 0. The number of rotatable bonds is 3. The van der Waals surface area contributed by atoms with Gasteiger partial charge in [0.2, 0.25) is 5.91 Å². The third-order valence-corrected chi connectivity index (χ3v) is 3.97. The molecule has 0 bridgehead atoms. The normalized spacial score (nSPS) is 25.4. The largest absolute Gasteiger partial charge is 0.349 e. The van der Waals surface area contributed by atoms with Crippen LogP contribution in [0.3, 0.4) is 0 Å². The Morgan fingerprint density at radius 1 is 1.32 bits per heavy atom. The number of amides is 1. The molecule has 4 heteroatoms. The van der Waals surface area contributed by atoms with E-state index in [4.69, 9.17) is 5.73 Å². The van der Waals surface area contributed by atoms with Crippen LogP contribution in [-0.4, -0.2) is 16.9 Å². The molecule has 2 unspecified atom stereocenters. The highest BCUT2D eigenvalue weighted by Gasteiger charge is 2.27. The van der Waals surface area contributed by atoms with Gasteiger partial charge in [0.15, 0.2) is 0 Å². The lowest BCUT2D eigenvalue weighted by molar-refractivity contribution is -0.126. The molecule has 1 aliphatic rings. The van der Waals surface area contributed by atoms with Gasteiger partial charge in [0, 0.05) is 18.4 Å². The summed E-state index contributed by atoms with van der Waals surface area (Å²) in [5, 5.41) is 3.08. The third kappa shape index (κ3) is 3.77. The molecule has 0 radical (unpaired) electrons. The van der Waals surface area contributed by atoms with Gasteiger partial charge in [0.05, 0.1) is 12.0 Å². The van der Waals surface area contributed by atoms with Gasteiger partial charge in [-0.1, -0.05) is 19.3 Å². The van der Waals surface area contributed by atoms with Crippen LogP contribution in [0.1, 0.15) is 50.6 Å². The predicted molar refractivity (Wildman–Crippen MR) is 75.3 cm³/mol. The fourth-order valence-electron chi connectivity index (χ4n) is 2.72. The van der Waals surface area contributed by atoms with E-state index in [1.165, 1.54) is 6.42 Å². The van der Waals surface area contributed by atoms with Gasteiger partial charge in [-0.05, 0) is 37.5 Å². The first-order valence-electron chi connectivity index (χ1n) is 7.14. The van der Waals surface area contributed by atoms with E-state index in [-0.39, 0.29) is 23.9 Å². The highest BCUT2D eigenvalue weighted by atomic mass is 16.2. The summed E-state index contributed by atoms with van der Waals surface area (Å²) in [4.78, 5) is 16.3. The van der Waals surface area contributed by atoms with Gasteiger partial charge in [0.25, 0.3) is 0 Å². The molecule has 0 saturated heterocycles. The quantitative estimate of drug-likeness (QED) is 0.819. The Morgan fingerprint density at radius 3 is 2.74 bits per heavy atom. The number of nitrogens with two attached hydrogens (primary N) is 1. The molecule has 1 heterocycles. The molecule has 104 valence electrons. The Balaban J connectivity index is 1.96. The molecule has 1 saturated carbocycles. The second-order valence-corrected chi connectivity index (χ2v) is 5.42. The molecule has 3 atom stereocenters. The number of aromatic nitrogens is 1. The van der Waals surface area contributed by atoms with Gasteiger partial charge in [-0.15, -0.1) is 0 Å². The smallest absolute Gasteiger partial charge is 0.225 e. The first kappa shape index (κ1) is 14.0. The molecule has 0 aromatic carbocycles. The maximum absolute atomic E-state index is 12.3. The van der Waals surface area contributed by atoms with E-state index < -0.39 is 0 Å². The van der Waals surface area contributed by atoms with Crippen LogP contribution in [0.25, 0.3) is 0 Å². The van der Waals surface area contributed by atoms with Crippen molar-refractivity contribution in [1.82, 2.24) is 10.3 Å². The number of nitrogens with one attached hydrogen (secondary N) is 1. The lowest BCUT2D eigenvalue weighted by Crippen LogP contribution is -2.42. The Bertz CT molecular complexity index is 407. The SMILES string of the molecule is C[C@@H](NC(=O)C1CCCCCC1N)c1ccncc1. The van der Waals surface area contributed by atoms with Crippen molar-refractivity contribution < 1.29 is 4.79 Å². The monoisotopic (exact) mass is 261 g/mol. The first-order valence-corrected chi connectivity index (χ1v) is 7.14. The predicted octanol–water partition coefficient (Wildman–Crippen LogP) is 2.17. The van der Waals surface area contributed by atoms with Crippen LogP contribution in [0.5, 0.6) is 0 Å². The lowest BCUT2D eigenvalue weighted by atomic mass is 9.94. The summed E-state index contributed by atoms with van der Waals surface area (Å²) in [6.07, 6.45) is 8.81. The third-order valence-electron chi connectivity index (χ3n) is 3.97. The number of carbonyl (C=O) groups excluding carboxylic acids is 1. The molecule has 2 rings (SSSR count). The van der Waals surface area contributed by atoms with Crippen LogP contribution >= 0.6 is 0 Å². The van der Waals surface area contributed by atoms with Crippen LogP contribution in [0.15, 0.2) is 24.5 Å². The Kier molecular flexibility index (Phi) is 4.91. The molecule has 1 aliphatic carbocycles. The van der Waals surface area contributed by atoms with E-state index in [0.29, 0.717) is 0 Å². The fourth-order valence-corrected chi connectivity index (χ4v) is 2.72. The van der Waals surface area contributed by atoms with Gasteiger partial charge >= 0.3 is 0 Å². The number of carbonyl (C=O) groups is 1. The van der Waals surface area contributed by atoms with E-state index in [1.54, 1.807) is 12.4 Å². The second kappa shape index (κ2) is 6.66. The van der Waals surface area contributed by atoms with Gasteiger partial charge < -0.3 is 11.1 Å². The number of pyridine rings is 1. The van der Waals surface area contributed by atoms with Crippen molar-refractivity contribution in [1.29, 1.82) is 0 Å². The number of nitrogens with zero attached hydrogens (tertiary/aromatic N) is 1. The zero-order valence-electron chi connectivity index (χ0n) is 11.5. The molecular weight excluding hydrogens is 238 g/mol. The maximum atomic E-state index is 12.3. The van der Waals surface area contributed by atoms with E-state index in [1.807, 2.05) is 19.1 Å². The highest BCUT2D eigenvalue weighted by Crippen LogP contribution is 2.23. The van der Waals surface area contributed by atoms with Crippen LogP contribution in [0.2, 0.25) is 0 Å². The molecule has 1 fully saturated rings. The summed E-state index contributed by atoms with van der Waals surface area (Å²) in [5.41, 5.74) is 7.20. The summed E-state index contributed by atoms with van der Waals surface area (Å²) < 4.78 is 0. The molecule has 1 aromatic rings. The zero-order chi connectivity index (χ0) is 13.7. The molecule has 4 nitrogen and oxygen atoms in total. The molecule has 1 aromatic heterocycles. The summed E-state index contributed by atoms with van der Waals surface area (Å²) in [5.74, 6) is 0.0606. The summed E-state index contributed by atoms with van der Waals surface area (Å²) >= 11 is 0. The molecule has 19 heavy (non-hydrogen) atoms. The van der Waals surface area contributed by atoms with Crippen LogP contribution < -0.4 is 11.1 Å². The van der Waals surface area contributed by atoms with Crippen LogP contribution in [0, 0.1) is 5.92 Å². The molecule has 0 spiro atoms. The fraction of sp³-hybridized carbons (Fsp3) is 0.600. The first-order chi connectivity index (χ1) is 9.18. The molecule has 0 aliphatic heterocycles. The summed E-state index contributed by atoms with van der Waals surface area (Å²) in [6.45, 7) is 2.00. The van der Waals surface area contributed by atoms with Crippen LogP contribution in [0.4, 0.5) is 0 Å². The Labute approximate surface area is 114 Å². The van der Waals surface area contributed by atoms with Gasteiger partial charge in [-0.3, -0.25) is 9.78 Å². The van der Waals surface area contributed by atoms with E-state index in [0.717, 1.165) is 31.2 Å². The average molecular weight is 261 g/mol. The van der Waals surface area contributed by atoms with Crippen molar-refractivity contribution in [2.45, 2.75) is 51.1 Å². The zero-order valence-corrected chi connectivity index (χ0v) is 11.5. The Morgan fingerprint density at radius 2 is 2.00 bits per heavy atom. The van der Waals surface area contributed by atoms with Crippen molar-refractivity contribution in [2.75, 3.05) is 0 Å². The van der Waals surface area contributed by atoms with Crippen molar-refractivity contribution in [3.05, 3.63) is 30.1 Å². The average Bonchev–Trinajstić information content (AvgIpc) is 2.64. The lowest BCUT2D eigenvalue weighted by Gasteiger charge is -2.23. The van der Waals surface area contributed by atoms with Crippen molar-refractivity contribution in [3.8, 4) is 0 Å². The molecule has 3 N–H and O–H groups in total. The number of hydrogen-bond donors (Lipinski definition) is 2. The standard InChI is InChI=1S/C15H23N3O/c1-11(12-7-9-17-10-8-12)18-15(19)13-5-3-2-4-6-14(13)16/h7-11,13-14H,2-6,16H2,1H3,(H,18,19)/t11-,13?,14?/m1/s1. The van der Waals surface area contributed by atoms with Crippen LogP contribution in [-0.2, 0) is 4.79 Å². The number of hydrogen-bond acceptors (Lipinski definition) is 3. The van der Waals surface area contributed by atoms with E-state index >= 15 is 0 Å². The van der Waals surface area contributed by atoms with Gasteiger partial charge in [-0.2, -0.15) is 0 Å². The molecule has 1 amide bonds. The minimum absolute atomic E-state index is 0.00551. The second-order valence-electron chi connectivity index (χ2n) is 5.42. The van der Waals surface area contributed by atoms with Crippen molar-refractivity contribution in [2.24, 2.45) is 11.7 Å². The van der Waals surface area contributed by atoms with Crippen molar-refractivity contribution in [3.63, 3.8) is 0 Å². The van der Waals surface area contributed by atoms with E-state index in [2.05, 4.69) is 10.3 Å². The van der Waals surface area contributed by atoms with Crippen molar-refractivity contribution >= 4 is 5.91 Å². The minimum Gasteiger partial charge on any atom is -0.349 e. The van der Waals surface area contributed by atoms with E-state index in [9.17, 15) is 4.79 Å². The Hall–Kier alpha value is -1.42. The van der Waals surface area contributed by atoms with Gasteiger partial charge in [0.1, 0.15) is 0 Å². The minimum atomic E-state index is -0.0354. The van der Waals surface area contributed by atoms with Gasteiger partial charge in [-0.25, -0.2) is 0 Å². The topological polar surface area (TPSA) is 68.0 Å². The highest BCUT2D eigenvalue weighted by molar-refractivity contribution is 5.79.